The van der Waals surface area contributed by atoms with E-state index in [-0.39, 0.29) is 0 Å². The smallest absolute Gasteiger partial charge is 0.161 e. The molecule has 0 bridgehead atoms. The lowest BCUT2D eigenvalue weighted by molar-refractivity contribution is 0.297. The Hall–Kier alpha value is -1.22. The van der Waals surface area contributed by atoms with Gasteiger partial charge in [0.25, 0.3) is 0 Å². The highest BCUT2D eigenvalue weighted by Gasteiger charge is 2.18. The zero-order valence-corrected chi connectivity index (χ0v) is 11.3. The van der Waals surface area contributed by atoms with E-state index >= 15 is 0 Å². The van der Waals surface area contributed by atoms with Gasteiger partial charge in [0.1, 0.15) is 0 Å². The fraction of sp³-hybridized carbons (Fsp3) is 0.600. The van der Waals surface area contributed by atoms with Crippen molar-refractivity contribution in [1.82, 2.24) is 0 Å². The molecule has 1 aliphatic rings. The van der Waals surface area contributed by atoms with Gasteiger partial charge in [0.05, 0.1) is 13.2 Å². The van der Waals surface area contributed by atoms with Crippen LogP contribution in [0.15, 0.2) is 18.2 Å². The number of hydrogen-bond acceptors (Lipinski definition) is 3. The molecule has 0 aromatic heterocycles. The first-order valence-corrected chi connectivity index (χ1v) is 6.82. The molecule has 1 aromatic carbocycles. The number of fused-ring (bicyclic) bond motifs is 1. The summed E-state index contributed by atoms with van der Waals surface area (Å²) < 4.78 is 11.4. The molecule has 0 fully saturated rings. The Bertz CT molecular complexity index is 390. The van der Waals surface area contributed by atoms with E-state index in [9.17, 15) is 0 Å². The highest BCUT2D eigenvalue weighted by Crippen LogP contribution is 2.36. The first-order chi connectivity index (χ1) is 8.72. The zero-order chi connectivity index (χ0) is 13.0. The van der Waals surface area contributed by atoms with Gasteiger partial charge >= 0.3 is 0 Å². The van der Waals surface area contributed by atoms with Crippen molar-refractivity contribution >= 4 is 0 Å². The largest absolute Gasteiger partial charge is 0.490 e. The van der Waals surface area contributed by atoms with Crippen LogP contribution in [0.25, 0.3) is 0 Å². The maximum atomic E-state index is 5.74. The number of benzene rings is 1. The molecule has 1 unspecified atom stereocenters. The second-order valence-corrected chi connectivity index (χ2v) is 5.18. The van der Waals surface area contributed by atoms with Crippen molar-refractivity contribution in [2.24, 2.45) is 11.7 Å². The molecule has 1 heterocycles. The molecule has 2 N–H and O–H groups in total. The molecule has 100 valence electrons. The minimum absolute atomic E-state index is 0.493. The van der Waals surface area contributed by atoms with E-state index in [4.69, 9.17) is 15.2 Å². The van der Waals surface area contributed by atoms with Gasteiger partial charge in [-0.15, -0.1) is 0 Å². The topological polar surface area (TPSA) is 44.5 Å². The van der Waals surface area contributed by atoms with Crippen molar-refractivity contribution in [3.05, 3.63) is 23.8 Å². The van der Waals surface area contributed by atoms with E-state index < -0.39 is 0 Å². The molecule has 0 aliphatic carbocycles. The Kier molecular flexibility index (Phi) is 4.48. The summed E-state index contributed by atoms with van der Waals surface area (Å²) in [5.41, 5.74) is 7.02. The van der Waals surface area contributed by atoms with Crippen LogP contribution in [0.1, 0.15) is 38.2 Å². The van der Waals surface area contributed by atoms with Crippen molar-refractivity contribution in [3.8, 4) is 11.5 Å². The first-order valence-electron chi connectivity index (χ1n) is 6.82. The van der Waals surface area contributed by atoms with Crippen molar-refractivity contribution in [3.63, 3.8) is 0 Å². The third-order valence-electron chi connectivity index (χ3n) is 3.48. The third kappa shape index (κ3) is 2.96. The fourth-order valence-corrected chi connectivity index (χ4v) is 2.47. The van der Waals surface area contributed by atoms with Gasteiger partial charge in [-0.25, -0.2) is 0 Å². The van der Waals surface area contributed by atoms with Crippen LogP contribution in [0.5, 0.6) is 11.5 Å². The van der Waals surface area contributed by atoms with Gasteiger partial charge in [-0.3, -0.25) is 0 Å². The average Bonchev–Trinajstić information content (AvgIpc) is 2.59. The van der Waals surface area contributed by atoms with Gasteiger partial charge in [-0.2, -0.15) is 0 Å². The van der Waals surface area contributed by atoms with Crippen LogP contribution in [0.3, 0.4) is 0 Å². The Labute approximate surface area is 109 Å². The Balaban J connectivity index is 2.25. The molecule has 0 spiro atoms. The molecule has 0 amide bonds. The molecule has 3 nitrogen and oxygen atoms in total. The average molecular weight is 249 g/mol. The second kappa shape index (κ2) is 6.10. The minimum atomic E-state index is 0.493. The molecular formula is C15H23NO2. The monoisotopic (exact) mass is 249 g/mol. The third-order valence-corrected chi connectivity index (χ3v) is 3.48. The van der Waals surface area contributed by atoms with Crippen LogP contribution in [-0.4, -0.2) is 19.8 Å². The van der Waals surface area contributed by atoms with E-state index in [1.807, 2.05) is 6.07 Å². The fourth-order valence-electron chi connectivity index (χ4n) is 2.47. The second-order valence-electron chi connectivity index (χ2n) is 5.18. The lowest BCUT2D eigenvalue weighted by Crippen LogP contribution is -2.12. The Morgan fingerprint density at radius 2 is 1.89 bits per heavy atom. The normalized spacial score (nSPS) is 16.4. The molecule has 1 aromatic rings. The van der Waals surface area contributed by atoms with Crippen molar-refractivity contribution in [1.29, 1.82) is 0 Å². The SMILES string of the molecule is CC(C)C(CCN)c1ccc2c(c1)OCCCO2. The van der Waals surface area contributed by atoms with Crippen molar-refractivity contribution in [2.75, 3.05) is 19.8 Å². The predicted molar refractivity (Wildman–Crippen MR) is 73.3 cm³/mol. The molecule has 3 heteroatoms. The molecular weight excluding hydrogens is 226 g/mol. The van der Waals surface area contributed by atoms with Gasteiger partial charge in [-0.05, 0) is 42.5 Å². The van der Waals surface area contributed by atoms with E-state index in [1.54, 1.807) is 0 Å². The van der Waals surface area contributed by atoms with Crippen LogP contribution >= 0.6 is 0 Å². The van der Waals surface area contributed by atoms with Crippen LogP contribution in [-0.2, 0) is 0 Å². The molecule has 0 saturated heterocycles. The van der Waals surface area contributed by atoms with Gasteiger partial charge in [0, 0.05) is 6.42 Å². The molecule has 1 aliphatic heterocycles. The lowest BCUT2D eigenvalue weighted by atomic mass is 9.85. The number of ether oxygens (including phenoxy) is 2. The summed E-state index contributed by atoms with van der Waals surface area (Å²) in [6.45, 7) is 6.67. The summed E-state index contributed by atoms with van der Waals surface area (Å²) in [5.74, 6) is 2.82. The predicted octanol–water partition coefficient (Wildman–Crippen LogP) is 2.94. The van der Waals surface area contributed by atoms with Crippen LogP contribution in [0, 0.1) is 5.92 Å². The number of hydrogen-bond donors (Lipinski definition) is 1. The summed E-state index contributed by atoms with van der Waals surface area (Å²) in [6.07, 6.45) is 1.96. The first kappa shape index (κ1) is 13.2. The Morgan fingerprint density at radius 1 is 1.17 bits per heavy atom. The van der Waals surface area contributed by atoms with E-state index in [1.165, 1.54) is 5.56 Å². The quantitative estimate of drug-likeness (QED) is 0.892. The minimum Gasteiger partial charge on any atom is -0.490 e. The van der Waals surface area contributed by atoms with Gasteiger partial charge < -0.3 is 15.2 Å². The van der Waals surface area contributed by atoms with Crippen molar-refractivity contribution < 1.29 is 9.47 Å². The highest BCUT2D eigenvalue weighted by atomic mass is 16.5. The summed E-state index contributed by atoms with van der Waals surface area (Å²) in [6, 6.07) is 6.30. The van der Waals surface area contributed by atoms with Gasteiger partial charge in [-0.1, -0.05) is 19.9 Å². The van der Waals surface area contributed by atoms with Gasteiger partial charge in [0.15, 0.2) is 11.5 Å². The Morgan fingerprint density at radius 3 is 2.56 bits per heavy atom. The highest BCUT2D eigenvalue weighted by molar-refractivity contribution is 5.44. The lowest BCUT2D eigenvalue weighted by Gasteiger charge is -2.21. The van der Waals surface area contributed by atoms with Gasteiger partial charge in [0.2, 0.25) is 0 Å². The van der Waals surface area contributed by atoms with E-state index in [0.717, 1.165) is 44.1 Å². The molecule has 0 radical (unpaired) electrons. The molecule has 2 rings (SSSR count). The molecule has 0 saturated carbocycles. The van der Waals surface area contributed by atoms with Crippen molar-refractivity contribution in [2.45, 2.75) is 32.6 Å². The van der Waals surface area contributed by atoms with Crippen LogP contribution < -0.4 is 15.2 Å². The summed E-state index contributed by atoms with van der Waals surface area (Å²) in [7, 11) is 0. The standard InChI is InChI=1S/C15H23NO2/c1-11(2)13(6-7-16)12-4-5-14-15(10-12)18-9-3-8-17-14/h4-5,10-11,13H,3,6-9,16H2,1-2H3. The van der Waals surface area contributed by atoms with E-state index in [2.05, 4.69) is 26.0 Å². The summed E-state index contributed by atoms with van der Waals surface area (Å²) >= 11 is 0. The maximum absolute atomic E-state index is 5.74. The summed E-state index contributed by atoms with van der Waals surface area (Å²) in [5, 5.41) is 0. The number of nitrogens with two attached hydrogens (primary N) is 1. The maximum Gasteiger partial charge on any atom is 0.161 e. The number of rotatable bonds is 4. The van der Waals surface area contributed by atoms with Crippen LogP contribution in [0.4, 0.5) is 0 Å². The zero-order valence-electron chi connectivity index (χ0n) is 11.3. The summed E-state index contributed by atoms with van der Waals surface area (Å²) in [4.78, 5) is 0. The van der Waals surface area contributed by atoms with E-state index in [0.29, 0.717) is 11.8 Å². The molecule has 1 atom stereocenters. The molecule has 18 heavy (non-hydrogen) atoms. The van der Waals surface area contributed by atoms with Crippen LogP contribution in [0.2, 0.25) is 0 Å².